The van der Waals surface area contributed by atoms with Crippen LogP contribution in [0.25, 0.3) is 49.4 Å². The highest BCUT2D eigenvalue weighted by atomic mass is 15.0. The first-order chi connectivity index (χ1) is 16.8. The number of pyridine rings is 1. The zero-order valence-corrected chi connectivity index (χ0v) is 18.6. The van der Waals surface area contributed by atoms with Crippen LogP contribution in [0.15, 0.2) is 116 Å². The third-order valence-corrected chi connectivity index (χ3v) is 6.42. The normalized spacial score (nSPS) is 11.6. The van der Waals surface area contributed by atoms with E-state index in [-0.39, 0.29) is 0 Å². The maximum atomic E-state index is 7.25. The topological polar surface area (TPSA) is 41.7 Å². The summed E-state index contributed by atoms with van der Waals surface area (Å²) in [6, 6.07) is 32.6. The van der Waals surface area contributed by atoms with E-state index in [0.29, 0.717) is 0 Å². The monoisotopic (exact) mass is 437 g/mol. The molecule has 0 fully saturated rings. The second-order valence-electron chi connectivity index (χ2n) is 8.45. The van der Waals surface area contributed by atoms with Gasteiger partial charge in [-0.05, 0) is 71.0 Å². The fourth-order valence-corrected chi connectivity index (χ4v) is 4.85. The van der Waals surface area contributed by atoms with Crippen LogP contribution in [-0.4, -0.2) is 15.8 Å². The molecule has 0 aliphatic heterocycles. The molecule has 0 aliphatic carbocycles. The average Bonchev–Trinajstić information content (AvgIpc) is 3.23. The van der Waals surface area contributed by atoms with E-state index in [1.165, 1.54) is 55.5 Å². The number of fused-ring (bicyclic) bond motifs is 5. The molecule has 0 spiro atoms. The molecule has 3 nitrogen and oxygen atoms in total. The van der Waals surface area contributed by atoms with Crippen LogP contribution in [-0.2, 0) is 6.42 Å². The van der Waals surface area contributed by atoms with Gasteiger partial charge in [-0.15, -0.1) is 0 Å². The highest BCUT2D eigenvalue weighted by Crippen LogP contribution is 2.38. The van der Waals surface area contributed by atoms with Crippen molar-refractivity contribution >= 4 is 38.8 Å². The highest BCUT2D eigenvalue weighted by molar-refractivity contribution is 6.19. The number of rotatable bonds is 5. The fraction of sp³-hybridized carbons (Fsp3) is 0.0323. The lowest BCUT2D eigenvalue weighted by molar-refractivity contribution is 1.18. The molecule has 0 aliphatic rings. The van der Waals surface area contributed by atoms with Crippen molar-refractivity contribution < 1.29 is 0 Å². The number of nitrogens with one attached hydrogen (secondary N) is 1. The van der Waals surface area contributed by atoms with Crippen molar-refractivity contribution in [3.8, 4) is 16.8 Å². The van der Waals surface area contributed by atoms with Crippen molar-refractivity contribution in [3.63, 3.8) is 0 Å². The van der Waals surface area contributed by atoms with Gasteiger partial charge in [0.15, 0.2) is 0 Å². The number of hydrogen-bond acceptors (Lipinski definition) is 2. The standard InChI is InChI=1S/C31H23N3/c32-17-5-4-6-22-9-12-28-29-14-11-25-21-24(23-15-18-33-19-16-23)10-13-27(25)31(29)34(30(28)20-22)26-7-2-1-3-8-26/h1-5,7-21,32H,6H2/b5-4-,32-17?. The summed E-state index contributed by atoms with van der Waals surface area (Å²) in [5, 5.41) is 12.2. The Morgan fingerprint density at radius 3 is 2.35 bits per heavy atom. The Hall–Kier alpha value is -4.50. The molecule has 6 rings (SSSR count). The summed E-state index contributed by atoms with van der Waals surface area (Å²) in [5.41, 5.74) is 7.18. The molecule has 34 heavy (non-hydrogen) atoms. The number of aromatic nitrogens is 2. The molecule has 0 saturated carbocycles. The minimum absolute atomic E-state index is 0.803. The quantitative estimate of drug-likeness (QED) is 0.275. The lowest BCUT2D eigenvalue weighted by atomic mass is 10.00. The Balaban J connectivity index is 1.65. The van der Waals surface area contributed by atoms with E-state index in [9.17, 15) is 0 Å². The summed E-state index contributed by atoms with van der Waals surface area (Å²) < 4.78 is 2.39. The molecule has 2 heterocycles. The molecule has 0 radical (unpaired) electrons. The van der Waals surface area contributed by atoms with Gasteiger partial charge in [0.1, 0.15) is 0 Å². The first kappa shape index (κ1) is 20.1. The van der Waals surface area contributed by atoms with E-state index in [4.69, 9.17) is 5.41 Å². The van der Waals surface area contributed by atoms with E-state index in [0.717, 1.165) is 12.1 Å². The molecular formula is C31H23N3. The van der Waals surface area contributed by atoms with Crippen LogP contribution in [0, 0.1) is 5.41 Å². The van der Waals surface area contributed by atoms with E-state index in [2.05, 4.69) is 101 Å². The van der Waals surface area contributed by atoms with Crippen LogP contribution in [0.3, 0.4) is 0 Å². The smallest absolute Gasteiger partial charge is 0.0619 e. The van der Waals surface area contributed by atoms with Gasteiger partial charge >= 0.3 is 0 Å². The molecule has 0 bridgehead atoms. The minimum atomic E-state index is 0.803. The molecule has 3 heteroatoms. The zero-order valence-electron chi connectivity index (χ0n) is 18.6. The summed E-state index contributed by atoms with van der Waals surface area (Å²) >= 11 is 0. The largest absolute Gasteiger partial charge is 0.309 e. The summed E-state index contributed by atoms with van der Waals surface area (Å²) in [5.74, 6) is 0. The Morgan fingerprint density at radius 2 is 1.53 bits per heavy atom. The highest BCUT2D eigenvalue weighted by Gasteiger charge is 2.15. The lowest BCUT2D eigenvalue weighted by Gasteiger charge is -2.11. The number of para-hydroxylation sites is 1. The van der Waals surface area contributed by atoms with Crippen LogP contribution >= 0.6 is 0 Å². The van der Waals surface area contributed by atoms with Crippen LogP contribution in [0.4, 0.5) is 0 Å². The van der Waals surface area contributed by atoms with E-state index in [1.54, 1.807) is 6.08 Å². The first-order valence-corrected chi connectivity index (χ1v) is 11.4. The van der Waals surface area contributed by atoms with Crippen molar-refractivity contribution in [3.05, 3.63) is 121 Å². The van der Waals surface area contributed by atoms with Crippen LogP contribution in [0.1, 0.15) is 5.56 Å². The Morgan fingerprint density at radius 1 is 0.735 bits per heavy atom. The average molecular weight is 438 g/mol. The molecule has 0 amide bonds. The number of nitrogens with zero attached hydrogens (tertiary/aromatic N) is 2. The number of benzene rings is 4. The second-order valence-corrected chi connectivity index (χ2v) is 8.45. The predicted octanol–water partition coefficient (Wildman–Crippen LogP) is 7.75. The molecule has 0 atom stereocenters. The third-order valence-electron chi connectivity index (χ3n) is 6.42. The van der Waals surface area contributed by atoms with Gasteiger partial charge in [-0.1, -0.05) is 60.7 Å². The Labute approximate surface area is 198 Å². The molecule has 6 aromatic rings. The SMILES string of the molecule is N=C/C=C\Cc1ccc2c3ccc4cc(-c5ccncc5)ccc4c3n(-c3ccccc3)c2c1. The van der Waals surface area contributed by atoms with Gasteiger partial charge < -0.3 is 9.98 Å². The summed E-state index contributed by atoms with van der Waals surface area (Å²) in [6.45, 7) is 0. The van der Waals surface area contributed by atoms with Gasteiger partial charge in [0.25, 0.3) is 0 Å². The van der Waals surface area contributed by atoms with E-state index >= 15 is 0 Å². The van der Waals surface area contributed by atoms with Gasteiger partial charge in [0, 0.05) is 40.5 Å². The summed E-state index contributed by atoms with van der Waals surface area (Å²) in [6.07, 6.45) is 9.61. The number of hydrogen-bond donors (Lipinski definition) is 1. The van der Waals surface area contributed by atoms with Gasteiger partial charge in [-0.25, -0.2) is 0 Å². The zero-order chi connectivity index (χ0) is 22.9. The van der Waals surface area contributed by atoms with E-state index < -0.39 is 0 Å². The lowest BCUT2D eigenvalue weighted by Crippen LogP contribution is -1.95. The molecule has 2 aromatic heterocycles. The molecule has 0 unspecified atom stereocenters. The third kappa shape index (κ3) is 3.39. The van der Waals surface area contributed by atoms with Gasteiger partial charge in [0.2, 0.25) is 0 Å². The van der Waals surface area contributed by atoms with Gasteiger partial charge in [-0.3, -0.25) is 4.98 Å². The fourth-order valence-electron chi connectivity index (χ4n) is 4.85. The van der Waals surface area contributed by atoms with E-state index in [1.807, 2.05) is 18.5 Å². The molecule has 4 aromatic carbocycles. The molecule has 1 N–H and O–H groups in total. The number of allylic oxidation sites excluding steroid dienone is 2. The van der Waals surface area contributed by atoms with Crippen molar-refractivity contribution in [2.45, 2.75) is 6.42 Å². The predicted molar refractivity (Wildman–Crippen MR) is 143 cm³/mol. The van der Waals surface area contributed by atoms with Crippen molar-refractivity contribution in [2.24, 2.45) is 0 Å². The Bertz CT molecular complexity index is 1680. The minimum Gasteiger partial charge on any atom is -0.309 e. The molecule has 0 saturated heterocycles. The van der Waals surface area contributed by atoms with Crippen LogP contribution in [0.5, 0.6) is 0 Å². The summed E-state index contributed by atoms with van der Waals surface area (Å²) in [4.78, 5) is 4.16. The van der Waals surface area contributed by atoms with Crippen molar-refractivity contribution in [2.75, 3.05) is 0 Å². The molecule has 162 valence electrons. The van der Waals surface area contributed by atoms with Crippen LogP contribution in [0.2, 0.25) is 0 Å². The Kier molecular flexibility index (Phi) is 5.00. The second kappa shape index (κ2) is 8.45. The van der Waals surface area contributed by atoms with Gasteiger partial charge in [0.05, 0.1) is 11.0 Å². The van der Waals surface area contributed by atoms with Gasteiger partial charge in [-0.2, -0.15) is 0 Å². The summed E-state index contributed by atoms with van der Waals surface area (Å²) in [7, 11) is 0. The maximum Gasteiger partial charge on any atom is 0.0619 e. The van der Waals surface area contributed by atoms with Crippen LogP contribution < -0.4 is 0 Å². The first-order valence-electron chi connectivity index (χ1n) is 11.4. The maximum absolute atomic E-state index is 7.25. The molecular weight excluding hydrogens is 414 g/mol. The van der Waals surface area contributed by atoms with Crippen molar-refractivity contribution in [1.29, 1.82) is 5.41 Å². The van der Waals surface area contributed by atoms with Crippen molar-refractivity contribution in [1.82, 2.24) is 9.55 Å².